The number of para-hydroxylation sites is 1. The van der Waals surface area contributed by atoms with Crippen molar-refractivity contribution in [3.05, 3.63) is 34.6 Å². The van der Waals surface area contributed by atoms with Crippen molar-refractivity contribution in [2.45, 2.75) is 67.9 Å². The van der Waals surface area contributed by atoms with E-state index in [0.717, 1.165) is 19.3 Å². The minimum absolute atomic E-state index is 0.152. The van der Waals surface area contributed by atoms with Gasteiger partial charge in [-0.2, -0.15) is 5.26 Å². The van der Waals surface area contributed by atoms with Gasteiger partial charge in [-0.1, -0.05) is 43.2 Å². The molecule has 0 aliphatic heterocycles. The third-order valence-electron chi connectivity index (χ3n) is 5.56. The minimum Gasteiger partial charge on any atom is -0.383 e. The highest BCUT2D eigenvalue weighted by Crippen LogP contribution is 2.30. The molecule has 1 amide bonds. The molecule has 1 fully saturated rings. The van der Waals surface area contributed by atoms with Crippen molar-refractivity contribution in [1.82, 2.24) is 14.9 Å². The van der Waals surface area contributed by atoms with E-state index in [1.54, 1.807) is 30.7 Å². The average molecular weight is 429 g/mol. The summed E-state index contributed by atoms with van der Waals surface area (Å²) in [4.78, 5) is 30.7. The topological polar surface area (TPSA) is 97.0 Å². The summed E-state index contributed by atoms with van der Waals surface area (Å²) in [6, 6.07) is 9.28. The molecule has 2 aromatic rings. The Morgan fingerprint density at radius 2 is 2.03 bits per heavy atom. The lowest BCUT2D eigenvalue weighted by molar-refractivity contribution is -0.121. The molecule has 7 nitrogen and oxygen atoms in total. The first-order valence-electron chi connectivity index (χ1n) is 10.3. The summed E-state index contributed by atoms with van der Waals surface area (Å²) in [5.74, 6) is -0.211. The number of benzene rings is 1. The fourth-order valence-corrected chi connectivity index (χ4v) is 4.89. The molecule has 0 saturated heterocycles. The summed E-state index contributed by atoms with van der Waals surface area (Å²) in [6.07, 6.45) is 4.33. The Balaban J connectivity index is 1.90. The smallest absolute Gasteiger partial charge is 0.262 e. The van der Waals surface area contributed by atoms with E-state index in [-0.39, 0.29) is 17.5 Å². The third kappa shape index (κ3) is 4.68. The van der Waals surface area contributed by atoms with Crippen LogP contribution in [0.15, 0.2) is 34.2 Å². The second-order valence-electron chi connectivity index (χ2n) is 7.89. The molecule has 2 atom stereocenters. The number of nitrogens with zero attached hydrogens (tertiary/aromatic N) is 3. The zero-order valence-electron chi connectivity index (χ0n) is 17.7. The van der Waals surface area contributed by atoms with E-state index in [2.05, 4.69) is 16.4 Å². The van der Waals surface area contributed by atoms with Crippen molar-refractivity contribution in [1.29, 1.82) is 5.26 Å². The lowest BCUT2D eigenvalue weighted by Gasteiger charge is -2.32. The highest BCUT2D eigenvalue weighted by atomic mass is 32.2. The Morgan fingerprint density at radius 1 is 1.33 bits per heavy atom. The number of thioether (sulfide) groups is 1. The number of rotatable bonds is 7. The van der Waals surface area contributed by atoms with E-state index in [1.165, 1.54) is 11.8 Å². The van der Waals surface area contributed by atoms with Crippen LogP contribution in [0.4, 0.5) is 0 Å². The van der Waals surface area contributed by atoms with Crippen molar-refractivity contribution in [3.8, 4) is 6.07 Å². The molecule has 1 aromatic carbocycles. The summed E-state index contributed by atoms with van der Waals surface area (Å²) in [5, 5.41) is 13.1. The SMILES string of the molecule is COC[C@@H](C)n1c(S[C@@H](C)C(=O)NC2(C#N)CCCCC2)nc2ccccc2c1=O. The molecule has 8 heteroatoms. The van der Waals surface area contributed by atoms with Gasteiger partial charge in [-0.05, 0) is 38.8 Å². The predicted octanol–water partition coefficient (Wildman–Crippen LogP) is 3.43. The van der Waals surface area contributed by atoms with Gasteiger partial charge in [0.1, 0.15) is 5.54 Å². The van der Waals surface area contributed by atoms with Gasteiger partial charge in [0.2, 0.25) is 5.91 Å². The Labute approximate surface area is 180 Å². The second kappa shape index (κ2) is 9.63. The maximum atomic E-state index is 13.1. The molecule has 1 N–H and O–H groups in total. The molecule has 0 unspecified atom stereocenters. The fourth-order valence-electron chi connectivity index (χ4n) is 3.88. The van der Waals surface area contributed by atoms with Crippen molar-refractivity contribution in [2.24, 2.45) is 0 Å². The van der Waals surface area contributed by atoms with Crippen LogP contribution in [-0.4, -0.2) is 40.0 Å². The number of methoxy groups -OCH3 is 1. The normalized spacial score (nSPS) is 17.8. The maximum absolute atomic E-state index is 13.1. The Hall–Kier alpha value is -2.37. The average Bonchev–Trinajstić information content (AvgIpc) is 2.74. The number of carbonyl (C=O) groups is 1. The molecule has 160 valence electrons. The molecule has 0 bridgehead atoms. The highest BCUT2D eigenvalue weighted by Gasteiger charge is 2.35. The molecule has 0 spiro atoms. The van der Waals surface area contributed by atoms with E-state index in [0.29, 0.717) is 35.5 Å². The van der Waals surface area contributed by atoms with E-state index >= 15 is 0 Å². The van der Waals surface area contributed by atoms with Crippen LogP contribution in [-0.2, 0) is 9.53 Å². The molecule has 30 heavy (non-hydrogen) atoms. The van der Waals surface area contributed by atoms with Gasteiger partial charge < -0.3 is 10.1 Å². The summed E-state index contributed by atoms with van der Waals surface area (Å²) in [5.41, 5.74) is -0.343. The second-order valence-corrected chi connectivity index (χ2v) is 9.20. The summed E-state index contributed by atoms with van der Waals surface area (Å²) < 4.78 is 6.85. The Bertz CT molecular complexity index is 1010. The molecule has 1 aromatic heterocycles. The molecular weight excluding hydrogens is 400 g/mol. The van der Waals surface area contributed by atoms with Gasteiger partial charge in [-0.15, -0.1) is 0 Å². The van der Waals surface area contributed by atoms with Crippen LogP contribution in [0, 0.1) is 11.3 Å². The molecule has 0 radical (unpaired) electrons. The van der Waals surface area contributed by atoms with E-state index in [1.807, 2.05) is 19.1 Å². The third-order valence-corrected chi connectivity index (χ3v) is 6.63. The lowest BCUT2D eigenvalue weighted by Crippen LogP contribution is -2.51. The molecule has 1 heterocycles. The monoisotopic (exact) mass is 428 g/mol. The Morgan fingerprint density at radius 3 is 2.70 bits per heavy atom. The lowest BCUT2D eigenvalue weighted by atomic mass is 9.83. The fraction of sp³-hybridized carbons (Fsp3) is 0.545. The van der Waals surface area contributed by atoms with Crippen LogP contribution < -0.4 is 10.9 Å². The maximum Gasteiger partial charge on any atom is 0.262 e. The van der Waals surface area contributed by atoms with Crippen LogP contribution in [0.25, 0.3) is 10.9 Å². The van der Waals surface area contributed by atoms with Gasteiger partial charge in [0.05, 0.1) is 34.9 Å². The van der Waals surface area contributed by atoms with Gasteiger partial charge in [0.15, 0.2) is 5.16 Å². The summed E-state index contributed by atoms with van der Waals surface area (Å²) >= 11 is 1.23. The number of fused-ring (bicyclic) bond motifs is 1. The first kappa shape index (κ1) is 22.3. The van der Waals surface area contributed by atoms with Crippen LogP contribution >= 0.6 is 11.8 Å². The zero-order valence-corrected chi connectivity index (χ0v) is 18.5. The minimum atomic E-state index is -0.788. The van der Waals surface area contributed by atoms with Gasteiger partial charge in [-0.25, -0.2) is 4.98 Å². The molecule has 1 aliphatic rings. The van der Waals surface area contributed by atoms with Crippen LogP contribution in [0.5, 0.6) is 0 Å². The van der Waals surface area contributed by atoms with Crippen molar-refractivity contribution in [3.63, 3.8) is 0 Å². The molecule has 3 rings (SSSR count). The quantitative estimate of drug-likeness (QED) is 0.536. The number of hydrogen-bond donors (Lipinski definition) is 1. The summed E-state index contributed by atoms with van der Waals surface area (Å²) in [7, 11) is 1.59. The number of hydrogen-bond acceptors (Lipinski definition) is 6. The number of carbonyl (C=O) groups excluding carboxylic acids is 1. The number of amides is 1. The predicted molar refractivity (Wildman–Crippen MR) is 117 cm³/mol. The van der Waals surface area contributed by atoms with Gasteiger partial charge in [-0.3, -0.25) is 14.2 Å². The first-order chi connectivity index (χ1) is 14.4. The largest absolute Gasteiger partial charge is 0.383 e. The van der Waals surface area contributed by atoms with E-state index in [9.17, 15) is 14.9 Å². The Kier molecular flexibility index (Phi) is 7.16. The highest BCUT2D eigenvalue weighted by molar-refractivity contribution is 8.00. The van der Waals surface area contributed by atoms with Crippen molar-refractivity contribution >= 4 is 28.6 Å². The number of aromatic nitrogens is 2. The van der Waals surface area contributed by atoms with Gasteiger partial charge in [0, 0.05) is 7.11 Å². The number of nitrogens with one attached hydrogen (secondary N) is 1. The number of ether oxygens (including phenoxy) is 1. The van der Waals surface area contributed by atoms with Crippen molar-refractivity contribution in [2.75, 3.05) is 13.7 Å². The van der Waals surface area contributed by atoms with Crippen LogP contribution in [0.2, 0.25) is 0 Å². The molecule has 1 saturated carbocycles. The van der Waals surface area contributed by atoms with Gasteiger partial charge >= 0.3 is 0 Å². The summed E-state index contributed by atoms with van der Waals surface area (Å²) in [6.45, 7) is 4.02. The standard InChI is InChI=1S/C22H28N4O3S/c1-15(13-29-3)26-20(28)17-9-5-6-10-18(17)24-21(26)30-16(2)19(27)25-22(14-23)11-7-4-8-12-22/h5-6,9-10,15-16H,4,7-8,11-13H2,1-3H3,(H,25,27)/t15-,16+/m1/s1. The number of nitriles is 1. The molecular formula is C22H28N4O3S. The van der Waals surface area contributed by atoms with E-state index < -0.39 is 10.8 Å². The zero-order chi connectivity index (χ0) is 21.7. The van der Waals surface area contributed by atoms with Crippen LogP contribution in [0.3, 0.4) is 0 Å². The van der Waals surface area contributed by atoms with Crippen molar-refractivity contribution < 1.29 is 9.53 Å². The van der Waals surface area contributed by atoms with E-state index in [4.69, 9.17) is 4.74 Å². The first-order valence-corrected chi connectivity index (χ1v) is 11.2. The van der Waals surface area contributed by atoms with Gasteiger partial charge in [0.25, 0.3) is 5.56 Å². The molecule has 1 aliphatic carbocycles. The van der Waals surface area contributed by atoms with Crippen LogP contribution in [0.1, 0.15) is 52.0 Å².